The average Bonchev–Trinajstić information content (AvgIpc) is 3.31. The molecule has 0 saturated heterocycles. The minimum Gasteiger partial charge on any atom is -0.497 e. The van der Waals surface area contributed by atoms with Gasteiger partial charge in [0.05, 0.1) is 23.2 Å². The minimum absolute atomic E-state index is 0.235. The van der Waals surface area contributed by atoms with Crippen molar-refractivity contribution in [3.05, 3.63) is 70.7 Å². The molecule has 0 saturated carbocycles. The molecule has 40 heavy (non-hydrogen) atoms. The lowest BCUT2D eigenvalue weighted by molar-refractivity contribution is 0.0285. The first-order chi connectivity index (χ1) is 18.8. The highest BCUT2D eigenvalue weighted by Crippen LogP contribution is 2.31. The van der Waals surface area contributed by atoms with E-state index in [-0.39, 0.29) is 12.5 Å². The lowest BCUT2D eigenvalue weighted by Gasteiger charge is -2.25. The van der Waals surface area contributed by atoms with Gasteiger partial charge in [-0.2, -0.15) is 0 Å². The molecule has 0 aliphatic heterocycles. The van der Waals surface area contributed by atoms with E-state index in [0.717, 1.165) is 16.7 Å². The number of imidazole rings is 1. The summed E-state index contributed by atoms with van der Waals surface area (Å²) >= 11 is 6.53. The van der Waals surface area contributed by atoms with E-state index < -0.39 is 11.7 Å². The van der Waals surface area contributed by atoms with Crippen LogP contribution in [0.5, 0.6) is 5.75 Å². The molecule has 3 aromatic carbocycles. The number of ether oxygens (including phenoxy) is 2. The number of benzene rings is 3. The SMILES string of the molecule is COc1cc(CN(C)C(=O)OC(C)(C)C)cc(C(=O)Nc2ccc(Cl)c(-c3nc4ccc(N(C)C)cc4[nH]3)c2)c1. The fourth-order valence-corrected chi connectivity index (χ4v) is 4.28. The highest BCUT2D eigenvalue weighted by atomic mass is 35.5. The van der Waals surface area contributed by atoms with E-state index in [0.29, 0.717) is 39.0 Å². The number of rotatable bonds is 7. The topological polar surface area (TPSA) is 99.8 Å². The molecular weight excluding hydrogens is 530 g/mol. The Kier molecular flexibility index (Phi) is 8.25. The Bertz CT molecular complexity index is 1560. The van der Waals surface area contributed by atoms with Gasteiger partial charge in [0.25, 0.3) is 5.91 Å². The molecule has 4 rings (SSSR count). The molecule has 2 N–H and O–H groups in total. The van der Waals surface area contributed by atoms with Crippen LogP contribution in [0.2, 0.25) is 5.02 Å². The van der Waals surface area contributed by atoms with Crippen molar-refractivity contribution < 1.29 is 19.1 Å². The summed E-state index contributed by atoms with van der Waals surface area (Å²) in [6.45, 7) is 5.66. The van der Waals surface area contributed by atoms with Gasteiger partial charge in [0.1, 0.15) is 17.2 Å². The zero-order valence-electron chi connectivity index (χ0n) is 23.8. The number of hydrogen-bond donors (Lipinski definition) is 2. The summed E-state index contributed by atoms with van der Waals surface area (Å²) in [5.41, 5.74) is 4.43. The normalized spacial score (nSPS) is 11.3. The molecule has 4 aromatic rings. The lowest BCUT2D eigenvalue weighted by atomic mass is 10.1. The third-order valence-corrected chi connectivity index (χ3v) is 6.38. The van der Waals surface area contributed by atoms with Gasteiger partial charge < -0.3 is 29.6 Å². The van der Waals surface area contributed by atoms with E-state index in [1.165, 1.54) is 12.0 Å². The summed E-state index contributed by atoms with van der Waals surface area (Å²) in [5.74, 6) is 0.755. The largest absolute Gasteiger partial charge is 0.497 e. The number of carbonyl (C=O) groups is 2. The lowest BCUT2D eigenvalue weighted by Crippen LogP contribution is -2.33. The Morgan fingerprint density at radius 1 is 1.02 bits per heavy atom. The minimum atomic E-state index is -0.611. The predicted octanol–water partition coefficient (Wildman–Crippen LogP) is 6.58. The number of nitrogens with one attached hydrogen (secondary N) is 2. The van der Waals surface area contributed by atoms with Crippen LogP contribution in [0.3, 0.4) is 0 Å². The van der Waals surface area contributed by atoms with E-state index in [1.54, 1.807) is 43.4 Å². The van der Waals surface area contributed by atoms with Crippen molar-refractivity contribution in [3.63, 3.8) is 0 Å². The van der Waals surface area contributed by atoms with Crippen molar-refractivity contribution in [1.82, 2.24) is 14.9 Å². The molecular formula is C30H34ClN5O4. The second-order valence-corrected chi connectivity index (χ2v) is 11.1. The van der Waals surface area contributed by atoms with Gasteiger partial charge in [-0.3, -0.25) is 4.79 Å². The van der Waals surface area contributed by atoms with Gasteiger partial charge in [-0.1, -0.05) is 11.6 Å². The summed E-state index contributed by atoms with van der Waals surface area (Å²) in [4.78, 5) is 37.2. The third-order valence-electron chi connectivity index (χ3n) is 6.05. The van der Waals surface area contributed by atoms with E-state index >= 15 is 0 Å². The van der Waals surface area contributed by atoms with E-state index in [2.05, 4.69) is 10.3 Å². The Labute approximate surface area is 239 Å². The van der Waals surface area contributed by atoms with Crippen molar-refractivity contribution in [3.8, 4) is 17.1 Å². The van der Waals surface area contributed by atoms with Crippen LogP contribution in [0.1, 0.15) is 36.7 Å². The van der Waals surface area contributed by atoms with Crippen molar-refractivity contribution in [2.24, 2.45) is 0 Å². The predicted molar refractivity (Wildman–Crippen MR) is 160 cm³/mol. The molecule has 10 heteroatoms. The second kappa shape index (κ2) is 11.5. The number of aromatic nitrogens is 2. The molecule has 0 bridgehead atoms. The number of hydrogen-bond acceptors (Lipinski definition) is 6. The van der Waals surface area contributed by atoms with Gasteiger partial charge in [-0.25, -0.2) is 9.78 Å². The van der Waals surface area contributed by atoms with Gasteiger partial charge in [-0.05, 0) is 80.9 Å². The maximum Gasteiger partial charge on any atom is 0.410 e. The molecule has 1 heterocycles. The van der Waals surface area contributed by atoms with Gasteiger partial charge >= 0.3 is 6.09 Å². The maximum absolute atomic E-state index is 13.3. The smallest absolute Gasteiger partial charge is 0.410 e. The van der Waals surface area contributed by atoms with Gasteiger partial charge in [0, 0.05) is 50.2 Å². The number of H-pyrrole nitrogens is 1. The molecule has 1 aromatic heterocycles. The van der Waals surface area contributed by atoms with Crippen LogP contribution >= 0.6 is 11.6 Å². The molecule has 0 aliphatic rings. The highest BCUT2D eigenvalue weighted by molar-refractivity contribution is 6.33. The van der Waals surface area contributed by atoms with Crippen molar-refractivity contribution >= 4 is 46.0 Å². The average molecular weight is 564 g/mol. The van der Waals surface area contributed by atoms with E-state index in [4.69, 9.17) is 26.1 Å². The fourth-order valence-electron chi connectivity index (χ4n) is 4.07. The number of nitrogens with zero attached hydrogens (tertiary/aromatic N) is 3. The summed E-state index contributed by atoms with van der Waals surface area (Å²) in [5, 5.41) is 3.43. The molecule has 0 spiro atoms. The first-order valence-corrected chi connectivity index (χ1v) is 13.1. The van der Waals surface area contributed by atoms with Crippen molar-refractivity contribution in [2.45, 2.75) is 32.9 Å². The van der Waals surface area contributed by atoms with Crippen molar-refractivity contribution in [2.75, 3.05) is 38.5 Å². The monoisotopic (exact) mass is 563 g/mol. The molecule has 2 amide bonds. The number of halogens is 1. The van der Waals surface area contributed by atoms with Crippen LogP contribution in [0.4, 0.5) is 16.2 Å². The standard InChI is InChI=1S/C30H34ClN5O4/c1-30(2,3)40-29(38)36(6)17-18-12-19(14-22(13-18)39-7)28(37)32-20-8-10-24(31)23(15-20)27-33-25-11-9-21(35(4)5)16-26(25)34-27/h8-16H,17H2,1-7H3,(H,32,37)(H,33,34). The van der Waals surface area contributed by atoms with Crippen LogP contribution < -0.4 is 15.0 Å². The molecule has 0 aliphatic carbocycles. The van der Waals surface area contributed by atoms with Gasteiger partial charge in [-0.15, -0.1) is 0 Å². The molecule has 0 unspecified atom stereocenters. The van der Waals surface area contributed by atoms with Crippen LogP contribution in [-0.4, -0.2) is 60.7 Å². The molecule has 0 atom stereocenters. The molecule has 210 valence electrons. The summed E-state index contributed by atoms with van der Waals surface area (Å²) in [7, 11) is 7.12. The van der Waals surface area contributed by atoms with Crippen LogP contribution in [0.15, 0.2) is 54.6 Å². The molecule has 9 nitrogen and oxygen atoms in total. The Hall–Kier alpha value is -4.24. The van der Waals surface area contributed by atoms with Gasteiger partial charge in [0.2, 0.25) is 0 Å². The van der Waals surface area contributed by atoms with Crippen LogP contribution in [-0.2, 0) is 11.3 Å². The quantitative estimate of drug-likeness (QED) is 0.263. The summed E-state index contributed by atoms with van der Waals surface area (Å²) < 4.78 is 10.8. The fraction of sp³-hybridized carbons (Fsp3) is 0.300. The first kappa shape index (κ1) is 28.8. The molecule has 0 radical (unpaired) electrons. The van der Waals surface area contributed by atoms with E-state index in [1.807, 2.05) is 58.0 Å². The molecule has 0 fully saturated rings. The van der Waals surface area contributed by atoms with Crippen molar-refractivity contribution in [1.29, 1.82) is 0 Å². The zero-order chi connectivity index (χ0) is 29.2. The highest BCUT2D eigenvalue weighted by Gasteiger charge is 2.21. The van der Waals surface area contributed by atoms with Crippen LogP contribution in [0, 0.1) is 0 Å². The Morgan fingerprint density at radius 3 is 2.45 bits per heavy atom. The Morgan fingerprint density at radius 2 is 1.77 bits per heavy atom. The van der Waals surface area contributed by atoms with E-state index in [9.17, 15) is 9.59 Å². The van der Waals surface area contributed by atoms with Crippen LogP contribution in [0.25, 0.3) is 22.4 Å². The number of anilines is 2. The maximum atomic E-state index is 13.3. The number of aromatic amines is 1. The first-order valence-electron chi connectivity index (χ1n) is 12.7. The zero-order valence-corrected chi connectivity index (χ0v) is 24.5. The number of amides is 2. The number of methoxy groups -OCH3 is 1. The van der Waals surface area contributed by atoms with Gasteiger partial charge in [0.15, 0.2) is 0 Å². The number of carbonyl (C=O) groups excluding carboxylic acids is 2. The Balaban J connectivity index is 1.56. The third kappa shape index (κ3) is 6.84. The summed E-state index contributed by atoms with van der Waals surface area (Å²) in [6, 6.07) is 16.3. The summed E-state index contributed by atoms with van der Waals surface area (Å²) in [6.07, 6.45) is -0.460. The number of fused-ring (bicyclic) bond motifs is 1. The second-order valence-electron chi connectivity index (χ2n) is 10.7.